The van der Waals surface area contributed by atoms with Crippen molar-refractivity contribution in [2.45, 2.75) is 45.2 Å². The van der Waals surface area contributed by atoms with E-state index in [2.05, 4.69) is 29.2 Å². The zero-order valence-electron chi connectivity index (χ0n) is 16.1. The van der Waals surface area contributed by atoms with Crippen molar-refractivity contribution >= 4 is 5.91 Å². The van der Waals surface area contributed by atoms with E-state index in [9.17, 15) is 9.59 Å². The van der Waals surface area contributed by atoms with Crippen molar-refractivity contribution in [2.24, 2.45) is 0 Å². The van der Waals surface area contributed by atoms with Crippen LogP contribution in [0.4, 0.5) is 0 Å². The normalized spacial score (nSPS) is 15.5. The topological polar surface area (TPSA) is 67.2 Å². The molecular formula is C21H28N4O2. The fraction of sp³-hybridized carbons (Fsp3) is 0.476. The third kappa shape index (κ3) is 5.04. The van der Waals surface area contributed by atoms with Crippen LogP contribution >= 0.6 is 0 Å². The number of hydrogen-bond donors (Lipinski definition) is 1. The van der Waals surface area contributed by atoms with E-state index in [1.54, 1.807) is 6.07 Å². The summed E-state index contributed by atoms with van der Waals surface area (Å²) in [5.41, 5.74) is 1.22. The lowest BCUT2D eigenvalue weighted by atomic mass is 9.98. The van der Waals surface area contributed by atoms with Crippen LogP contribution in [0.25, 0.3) is 11.3 Å². The van der Waals surface area contributed by atoms with Gasteiger partial charge in [0, 0.05) is 23.7 Å². The maximum atomic E-state index is 12.4. The van der Waals surface area contributed by atoms with Gasteiger partial charge in [-0.15, -0.1) is 0 Å². The number of nitrogens with one attached hydrogen (secondary N) is 1. The van der Waals surface area contributed by atoms with E-state index in [-0.39, 0.29) is 23.6 Å². The molecule has 1 N–H and O–H groups in total. The average Bonchev–Trinajstić information content (AvgIpc) is 2.69. The number of carbonyl (C=O) groups excluding carboxylic acids is 1. The van der Waals surface area contributed by atoms with Gasteiger partial charge in [-0.2, -0.15) is 5.10 Å². The zero-order valence-corrected chi connectivity index (χ0v) is 16.1. The molecule has 1 fully saturated rings. The van der Waals surface area contributed by atoms with Gasteiger partial charge in [-0.3, -0.25) is 14.5 Å². The van der Waals surface area contributed by atoms with Gasteiger partial charge >= 0.3 is 0 Å². The van der Waals surface area contributed by atoms with Crippen molar-refractivity contribution in [1.29, 1.82) is 0 Å². The van der Waals surface area contributed by atoms with Crippen LogP contribution in [-0.4, -0.2) is 45.8 Å². The predicted octanol–water partition coefficient (Wildman–Crippen LogP) is 2.29. The van der Waals surface area contributed by atoms with Crippen molar-refractivity contribution in [3.63, 3.8) is 0 Å². The van der Waals surface area contributed by atoms with Gasteiger partial charge in [-0.25, -0.2) is 4.68 Å². The first-order chi connectivity index (χ1) is 13.0. The molecule has 0 saturated carbocycles. The van der Waals surface area contributed by atoms with Gasteiger partial charge in [0.1, 0.15) is 6.54 Å². The number of amides is 1. The number of benzene rings is 1. The second-order valence-corrected chi connectivity index (χ2v) is 7.72. The van der Waals surface area contributed by atoms with Gasteiger partial charge in [0.2, 0.25) is 5.91 Å². The first-order valence-corrected chi connectivity index (χ1v) is 9.61. The molecule has 0 radical (unpaired) electrons. The smallest absolute Gasteiger partial charge is 0.267 e. The van der Waals surface area contributed by atoms with E-state index in [1.165, 1.54) is 30.0 Å². The van der Waals surface area contributed by atoms with Crippen molar-refractivity contribution in [3.05, 3.63) is 52.8 Å². The predicted molar refractivity (Wildman–Crippen MR) is 106 cm³/mol. The Balaban J connectivity index is 1.63. The molecule has 6 nitrogen and oxygen atoms in total. The van der Waals surface area contributed by atoms with E-state index in [1.807, 2.05) is 30.3 Å². The van der Waals surface area contributed by atoms with Crippen LogP contribution in [0.15, 0.2) is 47.3 Å². The SMILES string of the molecule is CC(C)(CNC(=O)Cn1nc(-c2ccccc2)ccc1=O)N1CCCCC1. The second-order valence-electron chi connectivity index (χ2n) is 7.72. The van der Waals surface area contributed by atoms with Crippen molar-refractivity contribution < 1.29 is 4.79 Å². The van der Waals surface area contributed by atoms with Gasteiger partial charge in [-0.05, 0) is 45.8 Å². The zero-order chi connectivity index (χ0) is 19.3. The van der Waals surface area contributed by atoms with Crippen molar-refractivity contribution in [3.8, 4) is 11.3 Å². The molecule has 1 saturated heterocycles. The lowest BCUT2D eigenvalue weighted by Gasteiger charge is -2.41. The number of hydrogen-bond acceptors (Lipinski definition) is 4. The highest BCUT2D eigenvalue weighted by atomic mass is 16.2. The lowest BCUT2D eigenvalue weighted by Crippen LogP contribution is -2.53. The summed E-state index contributed by atoms with van der Waals surface area (Å²) in [4.78, 5) is 26.9. The van der Waals surface area contributed by atoms with Gasteiger partial charge in [0.05, 0.1) is 5.69 Å². The van der Waals surface area contributed by atoms with Gasteiger partial charge in [-0.1, -0.05) is 36.8 Å². The molecule has 1 aliphatic rings. The van der Waals surface area contributed by atoms with E-state index in [0.717, 1.165) is 18.7 Å². The molecule has 0 aliphatic carbocycles. The molecule has 1 amide bonds. The quantitative estimate of drug-likeness (QED) is 0.850. The summed E-state index contributed by atoms with van der Waals surface area (Å²) in [7, 11) is 0. The molecule has 0 spiro atoms. The Labute approximate surface area is 160 Å². The summed E-state index contributed by atoms with van der Waals surface area (Å²) in [6, 6.07) is 12.8. The van der Waals surface area contributed by atoms with Crippen molar-refractivity contribution in [1.82, 2.24) is 20.0 Å². The second kappa shape index (κ2) is 8.48. The Morgan fingerprint density at radius 1 is 1.07 bits per heavy atom. The Morgan fingerprint density at radius 2 is 1.78 bits per heavy atom. The molecule has 3 rings (SSSR count). The van der Waals surface area contributed by atoms with Crippen LogP contribution < -0.4 is 10.9 Å². The largest absolute Gasteiger partial charge is 0.353 e. The Hall–Kier alpha value is -2.47. The molecule has 2 heterocycles. The van der Waals surface area contributed by atoms with Crippen LogP contribution in [0, 0.1) is 0 Å². The van der Waals surface area contributed by atoms with E-state index >= 15 is 0 Å². The van der Waals surface area contributed by atoms with E-state index in [0.29, 0.717) is 12.2 Å². The monoisotopic (exact) mass is 368 g/mol. The summed E-state index contributed by atoms with van der Waals surface area (Å²) in [6.07, 6.45) is 3.71. The van der Waals surface area contributed by atoms with Crippen LogP contribution in [0.3, 0.4) is 0 Å². The minimum atomic E-state index is -0.278. The molecule has 2 aromatic rings. The first-order valence-electron chi connectivity index (χ1n) is 9.61. The third-order valence-electron chi connectivity index (χ3n) is 5.16. The summed E-state index contributed by atoms with van der Waals surface area (Å²) in [5.74, 6) is -0.195. The van der Waals surface area contributed by atoms with Crippen LogP contribution in [0.1, 0.15) is 33.1 Å². The molecule has 0 bridgehead atoms. The van der Waals surface area contributed by atoms with Crippen LogP contribution in [0.5, 0.6) is 0 Å². The number of carbonyl (C=O) groups is 1. The van der Waals surface area contributed by atoms with Gasteiger partial charge < -0.3 is 5.32 Å². The Kier molecular flexibility index (Phi) is 6.06. The van der Waals surface area contributed by atoms with E-state index in [4.69, 9.17) is 0 Å². The Bertz CT molecular complexity index is 824. The maximum Gasteiger partial charge on any atom is 0.267 e. The van der Waals surface area contributed by atoms with Gasteiger partial charge in [0.15, 0.2) is 0 Å². The molecule has 1 aromatic carbocycles. The summed E-state index contributed by atoms with van der Waals surface area (Å²) in [6.45, 7) is 6.93. The number of nitrogens with zero attached hydrogens (tertiary/aromatic N) is 3. The third-order valence-corrected chi connectivity index (χ3v) is 5.16. The molecule has 1 aliphatic heterocycles. The van der Waals surface area contributed by atoms with Crippen LogP contribution in [0.2, 0.25) is 0 Å². The first kappa shape index (κ1) is 19.3. The maximum absolute atomic E-state index is 12.4. The molecule has 144 valence electrons. The minimum Gasteiger partial charge on any atom is -0.353 e. The Morgan fingerprint density at radius 3 is 2.48 bits per heavy atom. The highest BCUT2D eigenvalue weighted by Crippen LogP contribution is 2.19. The number of likely N-dealkylation sites (tertiary alicyclic amines) is 1. The standard InChI is InChI=1S/C21H28N4O2/c1-21(2,24-13-7-4-8-14-24)16-22-19(26)15-25-20(27)12-11-18(23-25)17-9-5-3-6-10-17/h3,5-6,9-12H,4,7-8,13-16H2,1-2H3,(H,22,26). The van der Waals surface area contributed by atoms with Crippen LogP contribution in [-0.2, 0) is 11.3 Å². The number of rotatable bonds is 6. The average molecular weight is 368 g/mol. The molecule has 0 atom stereocenters. The van der Waals surface area contributed by atoms with Gasteiger partial charge in [0.25, 0.3) is 5.56 Å². The molecule has 6 heteroatoms. The number of piperidine rings is 1. The minimum absolute atomic E-state index is 0.0738. The molecule has 27 heavy (non-hydrogen) atoms. The summed E-state index contributed by atoms with van der Waals surface area (Å²) in [5, 5.41) is 7.32. The summed E-state index contributed by atoms with van der Waals surface area (Å²) < 4.78 is 1.23. The fourth-order valence-corrected chi connectivity index (χ4v) is 3.44. The van der Waals surface area contributed by atoms with Crippen molar-refractivity contribution in [2.75, 3.05) is 19.6 Å². The van der Waals surface area contributed by atoms with E-state index < -0.39 is 0 Å². The summed E-state index contributed by atoms with van der Waals surface area (Å²) >= 11 is 0. The highest BCUT2D eigenvalue weighted by Gasteiger charge is 2.28. The molecule has 0 unspecified atom stereocenters. The highest BCUT2D eigenvalue weighted by molar-refractivity contribution is 5.75. The number of aromatic nitrogens is 2. The lowest BCUT2D eigenvalue weighted by molar-refractivity contribution is -0.122. The molecule has 1 aromatic heterocycles. The molecular weight excluding hydrogens is 340 g/mol. The fourth-order valence-electron chi connectivity index (χ4n) is 3.44.